The topological polar surface area (TPSA) is 55.8 Å². The molecular formula is C24H34N6. The summed E-state index contributed by atoms with van der Waals surface area (Å²) >= 11 is 0. The number of likely N-dealkylation sites (tertiary alicyclic amines) is 1. The van der Waals surface area contributed by atoms with E-state index in [0.717, 1.165) is 50.8 Å². The molecule has 4 rings (SSSR count). The van der Waals surface area contributed by atoms with Crippen LogP contribution >= 0.6 is 0 Å². The molecule has 2 saturated heterocycles. The van der Waals surface area contributed by atoms with Crippen molar-refractivity contribution in [2.75, 3.05) is 38.1 Å². The molecule has 0 amide bonds. The summed E-state index contributed by atoms with van der Waals surface area (Å²) < 4.78 is 0. The van der Waals surface area contributed by atoms with Gasteiger partial charge in [0.05, 0.1) is 0 Å². The van der Waals surface area contributed by atoms with Gasteiger partial charge >= 0.3 is 0 Å². The molecule has 3 heterocycles. The molecule has 6 heteroatoms. The van der Waals surface area contributed by atoms with Crippen molar-refractivity contribution >= 4 is 11.8 Å². The van der Waals surface area contributed by atoms with Crippen LogP contribution in [0.5, 0.6) is 0 Å². The number of guanidine groups is 1. The third-order valence-corrected chi connectivity index (χ3v) is 6.27. The highest BCUT2D eigenvalue weighted by atomic mass is 15.2. The van der Waals surface area contributed by atoms with Crippen LogP contribution in [0, 0.1) is 0 Å². The van der Waals surface area contributed by atoms with Crippen molar-refractivity contribution in [2.45, 2.75) is 44.3 Å². The lowest BCUT2D eigenvalue weighted by Gasteiger charge is -2.34. The number of nitrogens with one attached hydrogen (secondary N) is 2. The molecule has 0 aliphatic carbocycles. The van der Waals surface area contributed by atoms with Crippen molar-refractivity contribution < 1.29 is 0 Å². The van der Waals surface area contributed by atoms with Crippen LogP contribution in [0.15, 0.2) is 59.7 Å². The maximum absolute atomic E-state index is 4.48. The van der Waals surface area contributed by atoms with Crippen molar-refractivity contribution in [3.63, 3.8) is 0 Å². The summed E-state index contributed by atoms with van der Waals surface area (Å²) in [6.07, 6.45) is 6.59. The van der Waals surface area contributed by atoms with Crippen molar-refractivity contribution in [1.29, 1.82) is 0 Å². The number of aliphatic imine (C=N–C) groups is 1. The molecule has 2 aromatic rings. The lowest BCUT2D eigenvalue weighted by Crippen LogP contribution is -2.51. The van der Waals surface area contributed by atoms with Crippen LogP contribution in [0.3, 0.4) is 0 Å². The number of piperidine rings is 1. The molecule has 0 spiro atoms. The fourth-order valence-electron chi connectivity index (χ4n) is 4.55. The van der Waals surface area contributed by atoms with Gasteiger partial charge in [0, 0.05) is 51.5 Å². The monoisotopic (exact) mass is 406 g/mol. The Morgan fingerprint density at radius 1 is 1.03 bits per heavy atom. The lowest BCUT2D eigenvalue weighted by molar-refractivity contribution is 0.245. The van der Waals surface area contributed by atoms with Gasteiger partial charge in [0.1, 0.15) is 5.82 Å². The number of nitrogens with zero attached hydrogens (tertiary/aromatic N) is 4. The van der Waals surface area contributed by atoms with Gasteiger partial charge < -0.3 is 15.5 Å². The van der Waals surface area contributed by atoms with Crippen LogP contribution in [-0.4, -0.2) is 61.2 Å². The zero-order chi connectivity index (χ0) is 20.6. The summed E-state index contributed by atoms with van der Waals surface area (Å²) in [5.41, 5.74) is 1.39. The average molecular weight is 407 g/mol. The van der Waals surface area contributed by atoms with Gasteiger partial charge in [-0.25, -0.2) is 4.98 Å². The molecule has 1 atom stereocenters. The molecule has 0 bridgehead atoms. The molecule has 2 aliphatic heterocycles. The van der Waals surface area contributed by atoms with Gasteiger partial charge in [0.25, 0.3) is 0 Å². The van der Waals surface area contributed by atoms with Crippen LogP contribution in [0.1, 0.15) is 31.2 Å². The molecule has 1 aromatic heterocycles. The van der Waals surface area contributed by atoms with Gasteiger partial charge in [-0.05, 0) is 49.9 Å². The normalized spacial score (nSPS) is 21.0. The third kappa shape index (κ3) is 5.51. The van der Waals surface area contributed by atoms with E-state index in [1.807, 2.05) is 19.3 Å². The van der Waals surface area contributed by atoms with Crippen LogP contribution in [-0.2, 0) is 6.54 Å². The molecule has 2 fully saturated rings. The lowest BCUT2D eigenvalue weighted by atomic mass is 10.1. The molecule has 2 aliphatic rings. The van der Waals surface area contributed by atoms with E-state index in [2.05, 4.69) is 72.9 Å². The van der Waals surface area contributed by atoms with Crippen molar-refractivity contribution in [1.82, 2.24) is 20.5 Å². The first-order valence-electron chi connectivity index (χ1n) is 11.2. The Balaban J connectivity index is 1.22. The van der Waals surface area contributed by atoms with E-state index in [4.69, 9.17) is 0 Å². The number of hydrogen-bond acceptors (Lipinski definition) is 4. The highest BCUT2D eigenvalue weighted by molar-refractivity contribution is 5.80. The summed E-state index contributed by atoms with van der Waals surface area (Å²) in [5.74, 6) is 2.01. The largest absolute Gasteiger partial charge is 0.356 e. The minimum Gasteiger partial charge on any atom is -0.356 e. The number of rotatable bonds is 6. The second-order valence-corrected chi connectivity index (χ2v) is 8.30. The summed E-state index contributed by atoms with van der Waals surface area (Å²) in [6.45, 7) is 5.21. The van der Waals surface area contributed by atoms with E-state index in [1.54, 1.807) is 0 Å². The maximum Gasteiger partial charge on any atom is 0.191 e. The van der Waals surface area contributed by atoms with Crippen LogP contribution in [0.2, 0.25) is 0 Å². The molecule has 160 valence electrons. The van der Waals surface area contributed by atoms with Gasteiger partial charge in [0.2, 0.25) is 0 Å². The molecule has 0 radical (unpaired) electrons. The number of hydrogen-bond donors (Lipinski definition) is 2. The Morgan fingerprint density at radius 2 is 1.83 bits per heavy atom. The van der Waals surface area contributed by atoms with Crippen LogP contribution < -0.4 is 15.5 Å². The number of aromatic nitrogens is 1. The summed E-state index contributed by atoms with van der Waals surface area (Å²) in [4.78, 5) is 13.9. The molecule has 1 aromatic carbocycles. The van der Waals surface area contributed by atoms with E-state index in [-0.39, 0.29) is 0 Å². The quantitative estimate of drug-likeness (QED) is 0.571. The summed E-state index contributed by atoms with van der Waals surface area (Å²) in [6, 6.07) is 17.9. The predicted molar refractivity (Wildman–Crippen MR) is 124 cm³/mol. The minimum absolute atomic E-state index is 0.458. The molecular weight excluding hydrogens is 372 g/mol. The minimum atomic E-state index is 0.458. The third-order valence-electron chi connectivity index (χ3n) is 6.27. The molecule has 0 saturated carbocycles. The van der Waals surface area contributed by atoms with Gasteiger partial charge in [-0.1, -0.05) is 36.4 Å². The standard InChI is InChI=1S/C24H34N6/c1-25-24(28-21-12-16-29(17-13-21)23-11-5-6-14-26-23)27-18-22-10-7-15-30(22)19-20-8-3-2-4-9-20/h2-6,8-9,11,14,21-22H,7,10,12-13,15-19H2,1H3,(H2,25,27,28). The van der Waals surface area contributed by atoms with E-state index >= 15 is 0 Å². The van der Waals surface area contributed by atoms with Gasteiger partial charge in [-0.15, -0.1) is 0 Å². The zero-order valence-electron chi connectivity index (χ0n) is 18.0. The van der Waals surface area contributed by atoms with Crippen LogP contribution in [0.25, 0.3) is 0 Å². The Bertz CT molecular complexity index is 786. The van der Waals surface area contributed by atoms with Crippen molar-refractivity contribution in [3.05, 3.63) is 60.3 Å². The highest BCUT2D eigenvalue weighted by Crippen LogP contribution is 2.20. The van der Waals surface area contributed by atoms with E-state index in [0.29, 0.717) is 12.1 Å². The number of pyridine rings is 1. The predicted octanol–water partition coefficient (Wildman–Crippen LogP) is 2.88. The maximum atomic E-state index is 4.48. The summed E-state index contributed by atoms with van der Waals surface area (Å²) in [7, 11) is 1.87. The second kappa shape index (κ2) is 10.4. The van der Waals surface area contributed by atoms with E-state index < -0.39 is 0 Å². The SMILES string of the molecule is CN=C(NCC1CCCN1Cc1ccccc1)NC1CCN(c2ccccn2)CC1. The average Bonchev–Trinajstić information content (AvgIpc) is 3.25. The van der Waals surface area contributed by atoms with Crippen molar-refractivity contribution in [2.24, 2.45) is 4.99 Å². The van der Waals surface area contributed by atoms with E-state index in [9.17, 15) is 0 Å². The van der Waals surface area contributed by atoms with Crippen molar-refractivity contribution in [3.8, 4) is 0 Å². The highest BCUT2D eigenvalue weighted by Gasteiger charge is 2.25. The van der Waals surface area contributed by atoms with Crippen LogP contribution in [0.4, 0.5) is 5.82 Å². The van der Waals surface area contributed by atoms with E-state index in [1.165, 1.54) is 24.9 Å². The summed E-state index contributed by atoms with van der Waals surface area (Å²) in [5, 5.41) is 7.23. The first-order chi connectivity index (χ1) is 14.8. The zero-order valence-corrected chi connectivity index (χ0v) is 18.0. The first kappa shape index (κ1) is 20.7. The molecule has 6 nitrogen and oxygen atoms in total. The Hall–Kier alpha value is -2.60. The molecule has 1 unspecified atom stereocenters. The molecule has 30 heavy (non-hydrogen) atoms. The Morgan fingerprint density at radius 3 is 2.57 bits per heavy atom. The Labute approximate surface area is 180 Å². The fraction of sp³-hybridized carbons (Fsp3) is 0.500. The number of anilines is 1. The second-order valence-electron chi connectivity index (χ2n) is 8.30. The number of benzene rings is 1. The first-order valence-corrected chi connectivity index (χ1v) is 11.2. The Kier molecular flexibility index (Phi) is 7.19. The smallest absolute Gasteiger partial charge is 0.191 e. The molecule has 2 N–H and O–H groups in total. The fourth-order valence-corrected chi connectivity index (χ4v) is 4.55. The van der Waals surface area contributed by atoms with Gasteiger partial charge in [-0.2, -0.15) is 0 Å². The van der Waals surface area contributed by atoms with Gasteiger partial charge in [-0.3, -0.25) is 9.89 Å². The van der Waals surface area contributed by atoms with Gasteiger partial charge in [0.15, 0.2) is 5.96 Å².